The fourth-order valence-corrected chi connectivity index (χ4v) is 2.22. The average Bonchev–Trinajstić information content (AvgIpc) is 2.89. The van der Waals surface area contributed by atoms with Gasteiger partial charge in [0.25, 0.3) is 11.5 Å². The van der Waals surface area contributed by atoms with Crippen LogP contribution in [0.1, 0.15) is 21.6 Å². The van der Waals surface area contributed by atoms with Crippen LogP contribution in [0.15, 0.2) is 35.1 Å². The van der Waals surface area contributed by atoms with Crippen molar-refractivity contribution in [2.24, 2.45) is 0 Å². The molecule has 1 aromatic carbocycles. The summed E-state index contributed by atoms with van der Waals surface area (Å²) in [5.74, 6) is 0.744. The number of carbonyl (C=O) groups is 1. The van der Waals surface area contributed by atoms with E-state index in [4.69, 9.17) is 9.47 Å². The molecule has 0 fully saturated rings. The topological polar surface area (TPSA) is 69.6 Å². The summed E-state index contributed by atoms with van der Waals surface area (Å²) in [5.41, 5.74) is 4.21. The Bertz CT molecular complexity index is 780. The van der Waals surface area contributed by atoms with Gasteiger partial charge in [0.2, 0.25) is 6.79 Å². The lowest BCUT2D eigenvalue weighted by Gasteiger charge is -2.12. The van der Waals surface area contributed by atoms with Crippen LogP contribution >= 0.6 is 0 Å². The van der Waals surface area contributed by atoms with Gasteiger partial charge in [-0.05, 0) is 43.7 Å². The standard InChI is InChI=1S/C15H14N2O4/c1-9-5-10(2)17(14(18)6-9)16-15(19)11-3-4-12-13(7-11)21-8-20-12/h3-7H,8H2,1-2H3,(H,16,19). The normalized spacial score (nSPS) is 12.3. The molecule has 108 valence electrons. The summed E-state index contributed by atoms with van der Waals surface area (Å²) in [5, 5.41) is 0. The molecule has 6 heteroatoms. The molecule has 1 aliphatic heterocycles. The smallest absolute Gasteiger partial charge is 0.270 e. The highest BCUT2D eigenvalue weighted by molar-refractivity contribution is 6.00. The number of rotatable bonds is 2. The first-order valence-corrected chi connectivity index (χ1v) is 6.46. The Morgan fingerprint density at radius 1 is 1.14 bits per heavy atom. The molecule has 1 amide bonds. The zero-order valence-corrected chi connectivity index (χ0v) is 11.7. The zero-order valence-electron chi connectivity index (χ0n) is 11.7. The predicted octanol–water partition coefficient (Wildman–Crippen LogP) is 1.58. The molecular formula is C15H14N2O4. The first-order chi connectivity index (χ1) is 10.0. The summed E-state index contributed by atoms with van der Waals surface area (Å²) < 4.78 is 11.6. The van der Waals surface area contributed by atoms with Crippen LogP contribution in [0, 0.1) is 13.8 Å². The lowest BCUT2D eigenvalue weighted by atomic mass is 10.2. The number of nitrogens with zero attached hydrogens (tertiary/aromatic N) is 1. The van der Waals surface area contributed by atoms with Gasteiger partial charge in [0.1, 0.15) is 0 Å². The minimum atomic E-state index is -0.387. The summed E-state index contributed by atoms with van der Waals surface area (Å²) in [6.07, 6.45) is 0. The number of carbonyl (C=O) groups excluding carboxylic acids is 1. The minimum absolute atomic E-state index is 0.150. The van der Waals surface area contributed by atoms with Crippen molar-refractivity contribution in [2.75, 3.05) is 12.2 Å². The molecule has 0 radical (unpaired) electrons. The third kappa shape index (κ3) is 2.47. The molecule has 6 nitrogen and oxygen atoms in total. The van der Waals surface area contributed by atoms with Crippen molar-refractivity contribution in [1.29, 1.82) is 0 Å². The Morgan fingerprint density at radius 3 is 2.67 bits per heavy atom. The summed E-state index contributed by atoms with van der Waals surface area (Å²) >= 11 is 0. The summed E-state index contributed by atoms with van der Waals surface area (Å²) in [6.45, 7) is 3.74. The van der Waals surface area contributed by atoms with Crippen LogP contribution < -0.4 is 20.5 Å². The van der Waals surface area contributed by atoms with Gasteiger partial charge < -0.3 is 9.47 Å². The number of hydrogen-bond acceptors (Lipinski definition) is 4. The maximum atomic E-state index is 12.2. The Kier molecular flexibility index (Phi) is 3.13. The van der Waals surface area contributed by atoms with Crippen molar-refractivity contribution >= 4 is 5.91 Å². The van der Waals surface area contributed by atoms with E-state index >= 15 is 0 Å². The summed E-state index contributed by atoms with van der Waals surface area (Å²) in [4.78, 5) is 24.2. The number of hydrogen-bond donors (Lipinski definition) is 1. The summed E-state index contributed by atoms with van der Waals surface area (Å²) in [7, 11) is 0. The molecule has 21 heavy (non-hydrogen) atoms. The van der Waals surface area contributed by atoms with E-state index in [-0.39, 0.29) is 18.3 Å². The van der Waals surface area contributed by atoms with Gasteiger partial charge in [0.05, 0.1) is 0 Å². The molecule has 0 bridgehead atoms. The maximum Gasteiger partial charge on any atom is 0.270 e. The molecule has 0 spiro atoms. The molecule has 0 saturated carbocycles. The highest BCUT2D eigenvalue weighted by Gasteiger charge is 2.16. The van der Waals surface area contributed by atoms with Crippen molar-refractivity contribution in [3.8, 4) is 11.5 Å². The van der Waals surface area contributed by atoms with Crippen LogP contribution in [-0.4, -0.2) is 17.4 Å². The van der Waals surface area contributed by atoms with E-state index < -0.39 is 0 Å². The van der Waals surface area contributed by atoms with E-state index in [1.807, 2.05) is 13.0 Å². The number of benzene rings is 1. The molecule has 0 atom stereocenters. The third-order valence-corrected chi connectivity index (χ3v) is 3.21. The van der Waals surface area contributed by atoms with Crippen LogP contribution in [0.4, 0.5) is 0 Å². The van der Waals surface area contributed by atoms with Crippen LogP contribution in [-0.2, 0) is 0 Å². The van der Waals surface area contributed by atoms with E-state index in [9.17, 15) is 9.59 Å². The Hall–Kier alpha value is -2.76. The van der Waals surface area contributed by atoms with Gasteiger partial charge in [-0.15, -0.1) is 0 Å². The van der Waals surface area contributed by atoms with Crippen molar-refractivity contribution in [1.82, 2.24) is 4.68 Å². The average molecular weight is 286 g/mol. The quantitative estimate of drug-likeness (QED) is 0.910. The number of aromatic nitrogens is 1. The second-order valence-corrected chi connectivity index (χ2v) is 4.86. The Balaban J connectivity index is 1.89. The van der Waals surface area contributed by atoms with E-state index in [1.54, 1.807) is 25.1 Å². The molecule has 2 aromatic rings. The van der Waals surface area contributed by atoms with E-state index in [0.717, 1.165) is 5.56 Å². The molecule has 0 aliphatic carbocycles. The molecule has 1 aliphatic rings. The van der Waals surface area contributed by atoms with Crippen LogP contribution in [0.3, 0.4) is 0 Å². The Morgan fingerprint density at radius 2 is 1.90 bits per heavy atom. The number of aryl methyl sites for hydroxylation is 2. The largest absolute Gasteiger partial charge is 0.454 e. The highest BCUT2D eigenvalue weighted by atomic mass is 16.7. The Labute approximate surface area is 120 Å². The van der Waals surface area contributed by atoms with E-state index in [2.05, 4.69) is 5.43 Å². The van der Waals surface area contributed by atoms with Crippen LogP contribution in [0.25, 0.3) is 0 Å². The minimum Gasteiger partial charge on any atom is -0.454 e. The molecule has 2 heterocycles. The van der Waals surface area contributed by atoms with Crippen molar-refractivity contribution in [3.63, 3.8) is 0 Å². The van der Waals surface area contributed by atoms with Crippen LogP contribution in [0.2, 0.25) is 0 Å². The van der Waals surface area contributed by atoms with Crippen molar-refractivity contribution in [2.45, 2.75) is 13.8 Å². The first kappa shape index (κ1) is 13.2. The molecule has 1 N–H and O–H groups in total. The highest BCUT2D eigenvalue weighted by Crippen LogP contribution is 2.32. The van der Waals surface area contributed by atoms with E-state index in [1.165, 1.54) is 10.7 Å². The summed E-state index contributed by atoms with van der Waals surface area (Å²) in [6, 6.07) is 8.17. The van der Waals surface area contributed by atoms with Crippen molar-refractivity contribution < 1.29 is 14.3 Å². The number of pyridine rings is 1. The monoisotopic (exact) mass is 286 g/mol. The molecular weight excluding hydrogens is 272 g/mol. The van der Waals surface area contributed by atoms with Gasteiger partial charge in [-0.2, -0.15) is 0 Å². The predicted molar refractivity (Wildman–Crippen MR) is 76.4 cm³/mol. The van der Waals surface area contributed by atoms with Gasteiger partial charge in [-0.3, -0.25) is 15.0 Å². The molecule has 3 rings (SSSR count). The van der Waals surface area contributed by atoms with Crippen molar-refractivity contribution in [3.05, 3.63) is 57.5 Å². The number of nitrogens with one attached hydrogen (secondary N) is 1. The second-order valence-electron chi connectivity index (χ2n) is 4.86. The second kappa shape index (κ2) is 4.97. The lowest BCUT2D eigenvalue weighted by Crippen LogP contribution is -2.34. The molecule has 1 aromatic heterocycles. The van der Waals surface area contributed by atoms with Gasteiger partial charge in [-0.1, -0.05) is 0 Å². The first-order valence-electron chi connectivity index (χ1n) is 6.46. The van der Waals surface area contributed by atoms with Gasteiger partial charge in [0.15, 0.2) is 11.5 Å². The maximum absolute atomic E-state index is 12.2. The zero-order chi connectivity index (χ0) is 15.0. The lowest BCUT2D eigenvalue weighted by molar-refractivity contribution is 0.101. The molecule has 0 saturated heterocycles. The van der Waals surface area contributed by atoms with Gasteiger partial charge in [-0.25, -0.2) is 4.68 Å². The van der Waals surface area contributed by atoms with Gasteiger partial charge >= 0.3 is 0 Å². The number of amides is 1. The fourth-order valence-electron chi connectivity index (χ4n) is 2.22. The third-order valence-electron chi connectivity index (χ3n) is 3.21. The number of ether oxygens (including phenoxy) is 2. The van der Waals surface area contributed by atoms with Gasteiger partial charge in [0, 0.05) is 17.3 Å². The SMILES string of the molecule is Cc1cc(C)n(NC(=O)c2ccc3c(c2)OCO3)c(=O)c1. The molecule has 0 unspecified atom stereocenters. The fraction of sp³-hybridized carbons (Fsp3) is 0.200. The number of fused-ring (bicyclic) bond motifs is 1. The van der Waals surface area contributed by atoms with Crippen LogP contribution in [0.5, 0.6) is 11.5 Å². The van der Waals surface area contributed by atoms with E-state index in [0.29, 0.717) is 22.8 Å².